The molecule has 31 heavy (non-hydrogen) atoms. The van der Waals surface area contributed by atoms with Gasteiger partial charge >= 0.3 is 0 Å². The van der Waals surface area contributed by atoms with Gasteiger partial charge in [0, 0.05) is 77.3 Å². The zero-order valence-corrected chi connectivity index (χ0v) is 21.8. The normalized spacial score (nSPS) is 23.2. The summed E-state index contributed by atoms with van der Waals surface area (Å²) in [5, 5.41) is 6.86. The summed E-state index contributed by atoms with van der Waals surface area (Å²) in [5.41, 5.74) is 0. The number of rotatable bonds is 6. The second-order valence-corrected chi connectivity index (χ2v) is 9.22. The van der Waals surface area contributed by atoms with Gasteiger partial charge in [-0.2, -0.15) is 0 Å². The molecule has 1 unspecified atom stereocenters. The van der Waals surface area contributed by atoms with Crippen molar-refractivity contribution in [2.45, 2.75) is 52.0 Å². The minimum atomic E-state index is 0. The van der Waals surface area contributed by atoms with Crippen molar-refractivity contribution in [1.82, 2.24) is 25.3 Å². The van der Waals surface area contributed by atoms with Crippen molar-refractivity contribution in [3.05, 3.63) is 0 Å². The summed E-state index contributed by atoms with van der Waals surface area (Å²) in [5.74, 6) is 1.75. The molecule has 1 aliphatic carbocycles. The number of aliphatic imine (C=N–C) groups is 1. The molecule has 2 heterocycles. The van der Waals surface area contributed by atoms with E-state index in [1.165, 1.54) is 12.8 Å². The van der Waals surface area contributed by atoms with Crippen LogP contribution in [-0.4, -0.2) is 97.9 Å². The molecule has 0 bridgehead atoms. The van der Waals surface area contributed by atoms with E-state index in [0.717, 1.165) is 77.6 Å². The summed E-state index contributed by atoms with van der Waals surface area (Å²) in [4.78, 5) is 35.5. The first-order chi connectivity index (χ1) is 14.5. The minimum absolute atomic E-state index is 0. The number of guanidine groups is 1. The average Bonchev–Trinajstić information content (AvgIpc) is 3.44. The highest BCUT2D eigenvalue weighted by Gasteiger charge is 2.30. The van der Waals surface area contributed by atoms with Crippen molar-refractivity contribution in [1.29, 1.82) is 0 Å². The molecule has 0 aromatic rings. The molecule has 9 heteroatoms. The van der Waals surface area contributed by atoms with E-state index in [4.69, 9.17) is 0 Å². The maximum Gasteiger partial charge on any atom is 0.225 e. The minimum Gasteiger partial charge on any atom is -0.355 e. The lowest BCUT2D eigenvalue weighted by Gasteiger charge is -2.36. The molecule has 2 saturated heterocycles. The lowest BCUT2D eigenvalue weighted by molar-refractivity contribution is -0.137. The van der Waals surface area contributed by atoms with Crippen LogP contribution in [0.2, 0.25) is 0 Å². The van der Waals surface area contributed by atoms with Gasteiger partial charge in [0.25, 0.3) is 0 Å². The molecule has 1 atom stereocenters. The molecular formula is C22H41IN6O2. The molecule has 1 saturated carbocycles. The molecule has 178 valence electrons. The number of hydrogen-bond donors (Lipinski definition) is 2. The van der Waals surface area contributed by atoms with Crippen molar-refractivity contribution >= 4 is 41.8 Å². The number of hydrogen-bond acceptors (Lipinski definition) is 4. The Morgan fingerprint density at radius 3 is 2.29 bits per heavy atom. The Kier molecular flexibility index (Phi) is 10.8. The van der Waals surface area contributed by atoms with Crippen molar-refractivity contribution in [2.75, 3.05) is 59.4 Å². The molecule has 3 rings (SSSR count). The SMILES string of the molecule is CN=C(NCCN1CCN(C(=O)C2CCCC2)CC1)NC1CCN(C(=O)C(C)C)C1.I. The average molecular weight is 549 g/mol. The molecule has 0 radical (unpaired) electrons. The van der Waals surface area contributed by atoms with E-state index in [-0.39, 0.29) is 47.8 Å². The topological polar surface area (TPSA) is 80.3 Å². The van der Waals surface area contributed by atoms with E-state index in [1.807, 2.05) is 18.7 Å². The first kappa shape index (κ1) is 26.2. The standard InChI is InChI=1S/C22H40N6O2.HI/c1-17(2)20(29)28-10-8-19(16-28)25-22(23-3)24-9-11-26-12-14-27(15-13-26)21(30)18-6-4-5-7-18;/h17-19H,4-16H2,1-3H3,(H2,23,24,25);1H. The van der Waals surface area contributed by atoms with Crippen molar-refractivity contribution in [3.8, 4) is 0 Å². The van der Waals surface area contributed by atoms with Gasteiger partial charge in [0.05, 0.1) is 0 Å². The Morgan fingerprint density at radius 1 is 1.00 bits per heavy atom. The van der Waals surface area contributed by atoms with Gasteiger partial charge in [-0.15, -0.1) is 24.0 Å². The van der Waals surface area contributed by atoms with E-state index >= 15 is 0 Å². The van der Waals surface area contributed by atoms with Gasteiger partial charge in [-0.05, 0) is 19.3 Å². The highest BCUT2D eigenvalue weighted by Crippen LogP contribution is 2.26. The zero-order chi connectivity index (χ0) is 21.5. The number of amides is 2. The molecule has 8 nitrogen and oxygen atoms in total. The first-order valence-corrected chi connectivity index (χ1v) is 11.7. The Labute approximate surface area is 204 Å². The van der Waals surface area contributed by atoms with Crippen LogP contribution in [0, 0.1) is 11.8 Å². The molecule has 3 aliphatic rings. The Bertz CT molecular complexity index is 615. The number of likely N-dealkylation sites (tertiary alicyclic amines) is 1. The number of nitrogens with zero attached hydrogens (tertiary/aromatic N) is 4. The fourth-order valence-electron chi connectivity index (χ4n) is 4.79. The van der Waals surface area contributed by atoms with Crippen molar-refractivity contribution in [2.24, 2.45) is 16.8 Å². The Balaban J connectivity index is 0.00000341. The summed E-state index contributed by atoms with van der Waals surface area (Å²) in [6.45, 7) is 10.8. The summed E-state index contributed by atoms with van der Waals surface area (Å²) in [7, 11) is 1.79. The molecule has 2 N–H and O–H groups in total. The summed E-state index contributed by atoms with van der Waals surface area (Å²) in [6, 6.07) is 0.254. The molecule has 2 amide bonds. The molecule has 3 fully saturated rings. The van der Waals surface area contributed by atoms with Crippen LogP contribution in [0.25, 0.3) is 0 Å². The van der Waals surface area contributed by atoms with Crippen LogP contribution < -0.4 is 10.6 Å². The zero-order valence-electron chi connectivity index (χ0n) is 19.4. The smallest absolute Gasteiger partial charge is 0.225 e. The summed E-state index contributed by atoms with van der Waals surface area (Å²) < 4.78 is 0. The van der Waals surface area contributed by atoms with Crippen LogP contribution in [-0.2, 0) is 9.59 Å². The van der Waals surface area contributed by atoms with Crippen LogP contribution in [0.15, 0.2) is 4.99 Å². The molecule has 0 aromatic heterocycles. The van der Waals surface area contributed by atoms with E-state index in [1.54, 1.807) is 7.05 Å². The van der Waals surface area contributed by atoms with E-state index in [0.29, 0.717) is 5.91 Å². The quantitative estimate of drug-likeness (QED) is 0.298. The summed E-state index contributed by atoms with van der Waals surface area (Å²) >= 11 is 0. The highest BCUT2D eigenvalue weighted by atomic mass is 127. The van der Waals surface area contributed by atoms with Crippen LogP contribution in [0.1, 0.15) is 46.0 Å². The third-order valence-electron chi connectivity index (χ3n) is 6.67. The first-order valence-electron chi connectivity index (χ1n) is 11.7. The monoisotopic (exact) mass is 548 g/mol. The third kappa shape index (κ3) is 7.47. The fraction of sp³-hybridized carbons (Fsp3) is 0.864. The van der Waals surface area contributed by atoms with E-state index < -0.39 is 0 Å². The Morgan fingerprint density at radius 2 is 1.68 bits per heavy atom. The number of carbonyl (C=O) groups is 2. The lowest BCUT2D eigenvalue weighted by atomic mass is 10.1. The van der Waals surface area contributed by atoms with Gasteiger partial charge in [-0.25, -0.2) is 0 Å². The van der Waals surface area contributed by atoms with Crippen molar-refractivity contribution < 1.29 is 9.59 Å². The van der Waals surface area contributed by atoms with Gasteiger partial charge < -0.3 is 20.4 Å². The predicted molar refractivity (Wildman–Crippen MR) is 135 cm³/mol. The predicted octanol–water partition coefficient (Wildman–Crippen LogP) is 1.36. The molecule has 0 spiro atoms. The lowest BCUT2D eigenvalue weighted by Crippen LogP contribution is -2.52. The fourth-order valence-corrected chi connectivity index (χ4v) is 4.79. The Hall–Kier alpha value is -1.10. The van der Waals surface area contributed by atoms with Gasteiger partial charge in [0.1, 0.15) is 0 Å². The highest BCUT2D eigenvalue weighted by molar-refractivity contribution is 14.0. The second-order valence-electron chi connectivity index (χ2n) is 9.22. The number of piperazine rings is 1. The summed E-state index contributed by atoms with van der Waals surface area (Å²) in [6.07, 6.45) is 5.55. The largest absolute Gasteiger partial charge is 0.355 e. The number of nitrogens with one attached hydrogen (secondary N) is 2. The molecule has 0 aromatic carbocycles. The van der Waals surface area contributed by atoms with Crippen molar-refractivity contribution in [3.63, 3.8) is 0 Å². The van der Waals surface area contributed by atoms with Gasteiger partial charge in [0.15, 0.2) is 5.96 Å². The molecule has 2 aliphatic heterocycles. The van der Waals surface area contributed by atoms with E-state index in [2.05, 4.69) is 25.4 Å². The third-order valence-corrected chi connectivity index (χ3v) is 6.67. The number of halogens is 1. The van der Waals surface area contributed by atoms with Gasteiger partial charge in [0.2, 0.25) is 11.8 Å². The van der Waals surface area contributed by atoms with Crippen LogP contribution >= 0.6 is 24.0 Å². The van der Waals surface area contributed by atoms with Crippen LogP contribution in [0.5, 0.6) is 0 Å². The maximum atomic E-state index is 12.6. The van der Waals surface area contributed by atoms with E-state index in [9.17, 15) is 9.59 Å². The second kappa shape index (κ2) is 12.8. The maximum absolute atomic E-state index is 12.6. The number of carbonyl (C=O) groups excluding carboxylic acids is 2. The van der Waals surface area contributed by atoms with Gasteiger partial charge in [-0.1, -0.05) is 26.7 Å². The molecular weight excluding hydrogens is 507 g/mol. The van der Waals surface area contributed by atoms with Gasteiger partial charge in [-0.3, -0.25) is 19.5 Å². The van der Waals surface area contributed by atoms with Crippen LogP contribution in [0.4, 0.5) is 0 Å². The van der Waals surface area contributed by atoms with Crippen LogP contribution in [0.3, 0.4) is 0 Å².